The van der Waals surface area contributed by atoms with E-state index in [-0.39, 0.29) is 0 Å². The quantitative estimate of drug-likeness (QED) is 0.821. The van der Waals surface area contributed by atoms with Crippen LogP contribution in [0.15, 0.2) is 24.3 Å². The molecule has 0 bridgehead atoms. The molecule has 1 saturated carbocycles. The molecule has 2 heteroatoms. The Bertz CT molecular complexity index is 404. The third-order valence-electron chi connectivity index (χ3n) is 4.64. The van der Waals surface area contributed by atoms with Crippen molar-refractivity contribution in [3.63, 3.8) is 0 Å². The molecule has 3 unspecified atom stereocenters. The van der Waals surface area contributed by atoms with E-state index in [0.717, 1.165) is 24.1 Å². The molecule has 0 aliphatic heterocycles. The summed E-state index contributed by atoms with van der Waals surface area (Å²) in [6, 6.07) is 8.75. The first-order chi connectivity index (χ1) is 9.69. The van der Waals surface area contributed by atoms with Crippen molar-refractivity contribution in [2.24, 2.45) is 11.8 Å². The summed E-state index contributed by atoms with van der Waals surface area (Å²) in [5.74, 6) is 2.81. The minimum atomic E-state index is 0.395. The van der Waals surface area contributed by atoms with E-state index in [2.05, 4.69) is 37.4 Å². The second kappa shape index (κ2) is 7.68. The third kappa shape index (κ3) is 4.52. The van der Waals surface area contributed by atoms with E-state index in [1.807, 2.05) is 6.07 Å². The van der Waals surface area contributed by atoms with Gasteiger partial charge in [-0.05, 0) is 55.8 Å². The highest BCUT2D eigenvalue weighted by molar-refractivity contribution is 5.30. The molecule has 1 aromatic carbocycles. The largest absolute Gasteiger partial charge is 0.497 e. The van der Waals surface area contributed by atoms with Gasteiger partial charge < -0.3 is 10.1 Å². The molecule has 2 nitrogen and oxygen atoms in total. The second-order valence-corrected chi connectivity index (χ2v) is 6.38. The van der Waals surface area contributed by atoms with Gasteiger partial charge in [-0.1, -0.05) is 38.3 Å². The summed E-state index contributed by atoms with van der Waals surface area (Å²) in [5, 5.41) is 3.66. The van der Waals surface area contributed by atoms with Gasteiger partial charge in [0.1, 0.15) is 5.75 Å². The summed E-state index contributed by atoms with van der Waals surface area (Å²) in [4.78, 5) is 0. The topological polar surface area (TPSA) is 21.3 Å². The fourth-order valence-corrected chi connectivity index (χ4v) is 3.35. The number of methoxy groups -OCH3 is 1. The van der Waals surface area contributed by atoms with Crippen LogP contribution in [0.3, 0.4) is 0 Å². The van der Waals surface area contributed by atoms with Gasteiger partial charge >= 0.3 is 0 Å². The van der Waals surface area contributed by atoms with Gasteiger partial charge in [0, 0.05) is 6.04 Å². The molecule has 1 fully saturated rings. The second-order valence-electron chi connectivity index (χ2n) is 6.38. The normalized spacial score (nSPS) is 24.4. The first-order valence-corrected chi connectivity index (χ1v) is 8.06. The van der Waals surface area contributed by atoms with E-state index < -0.39 is 0 Å². The Hall–Kier alpha value is -1.02. The van der Waals surface area contributed by atoms with Crippen molar-refractivity contribution >= 4 is 0 Å². The van der Waals surface area contributed by atoms with Gasteiger partial charge in [-0.25, -0.2) is 0 Å². The van der Waals surface area contributed by atoms with Crippen molar-refractivity contribution in [1.29, 1.82) is 0 Å². The van der Waals surface area contributed by atoms with E-state index in [0.29, 0.717) is 6.04 Å². The third-order valence-corrected chi connectivity index (χ3v) is 4.64. The van der Waals surface area contributed by atoms with Crippen molar-refractivity contribution in [2.75, 3.05) is 13.7 Å². The van der Waals surface area contributed by atoms with E-state index in [4.69, 9.17) is 4.74 Å². The summed E-state index contributed by atoms with van der Waals surface area (Å²) in [5.41, 5.74) is 1.31. The number of hydrogen-bond acceptors (Lipinski definition) is 2. The summed E-state index contributed by atoms with van der Waals surface area (Å²) < 4.78 is 5.29. The Balaban J connectivity index is 1.75. The lowest BCUT2D eigenvalue weighted by Gasteiger charge is -2.27. The van der Waals surface area contributed by atoms with E-state index >= 15 is 0 Å². The summed E-state index contributed by atoms with van der Waals surface area (Å²) in [6.07, 6.45) is 7.04. The van der Waals surface area contributed by atoms with Crippen LogP contribution in [-0.2, 0) is 0 Å². The lowest BCUT2D eigenvalue weighted by Crippen LogP contribution is -2.23. The van der Waals surface area contributed by atoms with E-state index in [1.165, 1.54) is 37.7 Å². The molecule has 1 aliphatic carbocycles. The number of rotatable bonds is 6. The minimum Gasteiger partial charge on any atom is -0.497 e. The minimum absolute atomic E-state index is 0.395. The molecule has 1 aromatic rings. The smallest absolute Gasteiger partial charge is 0.119 e. The molecule has 1 aliphatic rings. The average Bonchev–Trinajstić information content (AvgIpc) is 2.47. The van der Waals surface area contributed by atoms with Crippen LogP contribution < -0.4 is 10.1 Å². The highest BCUT2D eigenvalue weighted by atomic mass is 16.5. The number of benzene rings is 1. The van der Waals surface area contributed by atoms with Gasteiger partial charge in [0.05, 0.1) is 7.11 Å². The molecular weight excluding hydrogens is 246 g/mol. The lowest BCUT2D eigenvalue weighted by atomic mass is 9.81. The van der Waals surface area contributed by atoms with Gasteiger partial charge in [0.2, 0.25) is 0 Å². The van der Waals surface area contributed by atoms with Crippen LogP contribution >= 0.6 is 0 Å². The van der Waals surface area contributed by atoms with Crippen molar-refractivity contribution in [3.8, 4) is 5.75 Å². The molecule has 3 atom stereocenters. The monoisotopic (exact) mass is 275 g/mol. The molecule has 0 aromatic heterocycles. The van der Waals surface area contributed by atoms with Crippen LogP contribution in [0.5, 0.6) is 5.75 Å². The highest BCUT2D eigenvalue weighted by Crippen LogP contribution is 2.30. The van der Waals surface area contributed by atoms with Crippen LogP contribution in [-0.4, -0.2) is 13.7 Å². The lowest BCUT2D eigenvalue weighted by molar-refractivity contribution is 0.265. The highest BCUT2D eigenvalue weighted by Gasteiger charge is 2.18. The number of ether oxygens (including phenoxy) is 1. The molecule has 20 heavy (non-hydrogen) atoms. The van der Waals surface area contributed by atoms with Crippen LogP contribution in [0.2, 0.25) is 0 Å². The predicted molar refractivity (Wildman–Crippen MR) is 85.2 cm³/mol. The average molecular weight is 275 g/mol. The summed E-state index contributed by atoms with van der Waals surface area (Å²) in [6.45, 7) is 5.76. The molecule has 112 valence electrons. The maximum Gasteiger partial charge on any atom is 0.119 e. The van der Waals surface area contributed by atoms with E-state index in [9.17, 15) is 0 Å². The Kier molecular flexibility index (Phi) is 5.90. The molecule has 1 N–H and O–H groups in total. The van der Waals surface area contributed by atoms with Crippen molar-refractivity contribution in [1.82, 2.24) is 5.32 Å². The number of nitrogens with one attached hydrogen (secondary N) is 1. The molecule has 0 heterocycles. The summed E-state index contributed by atoms with van der Waals surface area (Å²) in [7, 11) is 1.72. The van der Waals surface area contributed by atoms with Gasteiger partial charge in [0.25, 0.3) is 0 Å². The molecular formula is C18H29NO. The standard InChI is InChI=1S/C18H29NO/c1-14-6-4-7-16(12-14)10-11-19-15(2)17-8-5-9-18(13-17)20-3/h5,8-9,13-16,19H,4,6-7,10-12H2,1-3H3. The van der Waals surface area contributed by atoms with E-state index in [1.54, 1.807) is 7.11 Å². The Labute approximate surface area is 123 Å². The molecule has 0 saturated heterocycles. The van der Waals surface area contributed by atoms with Crippen LogP contribution in [0.25, 0.3) is 0 Å². The maximum atomic E-state index is 5.29. The summed E-state index contributed by atoms with van der Waals surface area (Å²) >= 11 is 0. The van der Waals surface area contributed by atoms with Crippen molar-refractivity contribution in [2.45, 2.75) is 52.0 Å². The van der Waals surface area contributed by atoms with Crippen LogP contribution in [0.4, 0.5) is 0 Å². The van der Waals surface area contributed by atoms with Crippen molar-refractivity contribution in [3.05, 3.63) is 29.8 Å². The van der Waals surface area contributed by atoms with Gasteiger partial charge in [-0.2, -0.15) is 0 Å². The molecule has 2 rings (SSSR count). The Morgan fingerprint density at radius 3 is 2.95 bits per heavy atom. The van der Waals surface area contributed by atoms with Gasteiger partial charge in [-0.3, -0.25) is 0 Å². The fourth-order valence-electron chi connectivity index (χ4n) is 3.35. The molecule has 0 radical (unpaired) electrons. The maximum absolute atomic E-state index is 5.29. The Morgan fingerprint density at radius 2 is 2.20 bits per heavy atom. The zero-order chi connectivity index (χ0) is 14.4. The zero-order valence-electron chi connectivity index (χ0n) is 13.2. The van der Waals surface area contributed by atoms with Crippen LogP contribution in [0, 0.1) is 11.8 Å². The van der Waals surface area contributed by atoms with Crippen LogP contribution in [0.1, 0.15) is 57.6 Å². The first-order valence-electron chi connectivity index (χ1n) is 8.06. The zero-order valence-corrected chi connectivity index (χ0v) is 13.2. The van der Waals surface area contributed by atoms with Gasteiger partial charge in [-0.15, -0.1) is 0 Å². The SMILES string of the molecule is COc1cccc(C(C)NCCC2CCCC(C)C2)c1. The Morgan fingerprint density at radius 1 is 1.35 bits per heavy atom. The predicted octanol–water partition coefficient (Wildman–Crippen LogP) is 4.56. The molecule has 0 spiro atoms. The number of hydrogen-bond donors (Lipinski definition) is 1. The first kappa shape index (κ1) is 15.4. The fraction of sp³-hybridized carbons (Fsp3) is 0.667. The van der Waals surface area contributed by atoms with Crippen molar-refractivity contribution < 1.29 is 4.74 Å². The molecule has 0 amide bonds. The van der Waals surface area contributed by atoms with Gasteiger partial charge in [0.15, 0.2) is 0 Å².